The number of pyridine rings is 1. The van der Waals surface area contributed by atoms with E-state index in [-0.39, 0.29) is 11.8 Å². The number of aromatic nitrogens is 3. The second kappa shape index (κ2) is 9.25. The normalized spacial score (nSPS) is 16.2. The van der Waals surface area contributed by atoms with Crippen LogP contribution in [0, 0.1) is 6.92 Å². The van der Waals surface area contributed by atoms with Gasteiger partial charge in [-0.15, -0.1) is 0 Å². The Hall–Kier alpha value is -3.28. The molecule has 3 heterocycles. The molecular weight excluding hydrogens is 386 g/mol. The molecule has 1 aromatic carbocycles. The van der Waals surface area contributed by atoms with Gasteiger partial charge in [0.25, 0.3) is 0 Å². The molecule has 0 spiro atoms. The molecule has 160 valence electrons. The number of anilines is 1. The molecule has 2 aromatic heterocycles. The Morgan fingerprint density at radius 3 is 2.68 bits per heavy atom. The number of carbonyl (C=O) groups excluding carboxylic acids is 1. The van der Waals surface area contributed by atoms with Crippen molar-refractivity contribution in [3.8, 4) is 11.4 Å². The molecule has 1 atom stereocenters. The number of carbonyl (C=O) groups is 1. The number of benzene rings is 1. The second-order valence-electron chi connectivity index (χ2n) is 8.45. The quantitative estimate of drug-likeness (QED) is 0.633. The summed E-state index contributed by atoms with van der Waals surface area (Å²) in [5.74, 6) is 1.93. The van der Waals surface area contributed by atoms with Crippen LogP contribution in [0.15, 0.2) is 54.9 Å². The SMILES string of the molecule is Cc1ccc(CC(=O)N2CCCC(c3cc(N(C)C)nc(-c4cccnc4)n3)C2)cc1. The number of amides is 1. The molecule has 31 heavy (non-hydrogen) atoms. The molecule has 0 N–H and O–H groups in total. The van der Waals surface area contributed by atoms with Crippen LogP contribution < -0.4 is 4.90 Å². The largest absolute Gasteiger partial charge is 0.363 e. The summed E-state index contributed by atoms with van der Waals surface area (Å²) in [6, 6.07) is 14.1. The van der Waals surface area contributed by atoms with Crippen molar-refractivity contribution in [3.63, 3.8) is 0 Å². The molecule has 6 heteroatoms. The highest BCUT2D eigenvalue weighted by atomic mass is 16.2. The van der Waals surface area contributed by atoms with E-state index in [0.29, 0.717) is 18.8 Å². The Kier molecular flexibility index (Phi) is 6.26. The molecule has 6 nitrogen and oxygen atoms in total. The van der Waals surface area contributed by atoms with Crippen molar-refractivity contribution in [2.24, 2.45) is 0 Å². The fraction of sp³-hybridized carbons (Fsp3) is 0.360. The third-order valence-electron chi connectivity index (χ3n) is 5.78. The van der Waals surface area contributed by atoms with Crippen LogP contribution in [-0.4, -0.2) is 52.9 Å². The number of piperidine rings is 1. The van der Waals surface area contributed by atoms with Crippen molar-refractivity contribution < 1.29 is 4.79 Å². The summed E-state index contributed by atoms with van der Waals surface area (Å²) in [4.78, 5) is 30.8. The fourth-order valence-corrected chi connectivity index (χ4v) is 3.95. The maximum atomic E-state index is 13.0. The first kappa shape index (κ1) is 21.0. The van der Waals surface area contributed by atoms with Gasteiger partial charge in [-0.2, -0.15) is 0 Å². The van der Waals surface area contributed by atoms with E-state index in [1.807, 2.05) is 48.2 Å². The summed E-state index contributed by atoms with van der Waals surface area (Å²) in [6.07, 6.45) is 5.98. The lowest BCUT2D eigenvalue weighted by molar-refractivity contribution is -0.131. The van der Waals surface area contributed by atoms with E-state index in [4.69, 9.17) is 9.97 Å². The molecule has 1 saturated heterocycles. The van der Waals surface area contributed by atoms with Gasteiger partial charge in [-0.05, 0) is 37.5 Å². The first-order valence-electron chi connectivity index (χ1n) is 10.8. The van der Waals surface area contributed by atoms with Gasteiger partial charge in [0.15, 0.2) is 5.82 Å². The van der Waals surface area contributed by atoms with Crippen molar-refractivity contribution in [2.75, 3.05) is 32.1 Å². The number of hydrogen-bond donors (Lipinski definition) is 0. The van der Waals surface area contributed by atoms with Crippen LogP contribution in [0.1, 0.15) is 35.6 Å². The minimum Gasteiger partial charge on any atom is -0.363 e. The zero-order valence-corrected chi connectivity index (χ0v) is 18.5. The number of aryl methyl sites for hydroxylation is 1. The van der Waals surface area contributed by atoms with Crippen LogP contribution in [0.5, 0.6) is 0 Å². The Labute approximate surface area is 184 Å². The summed E-state index contributed by atoms with van der Waals surface area (Å²) in [5, 5.41) is 0. The Balaban J connectivity index is 1.55. The van der Waals surface area contributed by atoms with Gasteiger partial charge in [0.2, 0.25) is 5.91 Å². The van der Waals surface area contributed by atoms with Gasteiger partial charge >= 0.3 is 0 Å². The molecule has 1 fully saturated rings. The standard InChI is InChI=1S/C25H29N5O/c1-18-8-10-19(11-9-18)14-24(31)30-13-5-7-21(17-30)22-15-23(29(2)3)28-25(27-22)20-6-4-12-26-16-20/h4,6,8-12,15-16,21H,5,7,13-14,17H2,1-3H3. The van der Waals surface area contributed by atoms with E-state index in [0.717, 1.165) is 42.0 Å². The van der Waals surface area contributed by atoms with Crippen molar-refractivity contribution in [3.05, 3.63) is 71.7 Å². The smallest absolute Gasteiger partial charge is 0.227 e. The van der Waals surface area contributed by atoms with Crippen LogP contribution >= 0.6 is 0 Å². The molecular formula is C25H29N5O. The number of hydrogen-bond acceptors (Lipinski definition) is 5. The Bertz CT molecular complexity index is 1030. The van der Waals surface area contributed by atoms with E-state index in [1.54, 1.807) is 12.4 Å². The molecule has 4 rings (SSSR count). The van der Waals surface area contributed by atoms with E-state index >= 15 is 0 Å². The monoisotopic (exact) mass is 415 g/mol. The van der Waals surface area contributed by atoms with Gasteiger partial charge in [0, 0.05) is 57.1 Å². The predicted molar refractivity (Wildman–Crippen MR) is 123 cm³/mol. The Morgan fingerprint density at radius 1 is 1.16 bits per heavy atom. The summed E-state index contributed by atoms with van der Waals surface area (Å²) in [5.41, 5.74) is 4.16. The molecule has 1 amide bonds. The fourth-order valence-electron chi connectivity index (χ4n) is 3.95. The zero-order valence-electron chi connectivity index (χ0n) is 18.5. The van der Waals surface area contributed by atoms with E-state index < -0.39 is 0 Å². The van der Waals surface area contributed by atoms with Gasteiger partial charge < -0.3 is 9.80 Å². The zero-order chi connectivity index (χ0) is 21.8. The maximum absolute atomic E-state index is 13.0. The van der Waals surface area contributed by atoms with Gasteiger partial charge in [-0.1, -0.05) is 29.8 Å². The van der Waals surface area contributed by atoms with Crippen LogP contribution in [-0.2, 0) is 11.2 Å². The number of nitrogens with zero attached hydrogens (tertiary/aromatic N) is 5. The molecule has 1 aliphatic rings. The highest BCUT2D eigenvalue weighted by Gasteiger charge is 2.26. The number of likely N-dealkylation sites (tertiary alicyclic amines) is 1. The highest BCUT2D eigenvalue weighted by Crippen LogP contribution is 2.29. The topological polar surface area (TPSA) is 62.2 Å². The minimum atomic E-state index is 0.183. The molecule has 0 bridgehead atoms. The summed E-state index contributed by atoms with van der Waals surface area (Å²) in [7, 11) is 3.97. The van der Waals surface area contributed by atoms with Crippen molar-refractivity contribution in [1.29, 1.82) is 0 Å². The maximum Gasteiger partial charge on any atom is 0.227 e. The lowest BCUT2D eigenvalue weighted by atomic mass is 9.93. The van der Waals surface area contributed by atoms with Crippen LogP contribution in [0.2, 0.25) is 0 Å². The lowest BCUT2D eigenvalue weighted by Crippen LogP contribution is -2.40. The second-order valence-corrected chi connectivity index (χ2v) is 8.45. The molecule has 3 aromatic rings. The van der Waals surface area contributed by atoms with Gasteiger partial charge in [0.05, 0.1) is 12.1 Å². The van der Waals surface area contributed by atoms with E-state index in [9.17, 15) is 4.79 Å². The van der Waals surface area contributed by atoms with E-state index in [1.165, 1.54) is 5.56 Å². The first-order chi connectivity index (χ1) is 15.0. The lowest BCUT2D eigenvalue weighted by Gasteiger charge is -2.33. The van der Waals surface area contributed by atoms with Crippen molar-refractivity contribution >= 4 is 11.7 Å². The van der Waals surface area contributed by atoms with Crippen molar-refractivity contribution in [1.82, 2.24) is 19.9 Å². The molecule has 1 unspecified atom stereocenters. The van der Waals surface area contributed by atoms with Crippen molar-refractivity contribution in [2.45, 2.75) is 32.1 Å². The molecule has 1 aliphatic heterocycles. The average molecular weight is 416 g/mol. The third-order valence-corrected chi connectivity index (χ3v) is 5.78. The summed E-state index contributed by atoms with van der Waals surface area (Å²) in [6.45, 7) is 3.56. The first-order valence-corrected chi connectivity index (χ1v) is 10.8. The minimum absolute atomic E-state index is 0.183. The Morgan fingerprint density at radius 2 is 1.97 bits per heavy atom. The molecule has 0 radical (unpaired) electrons. The third kappa shape index (κ3) is 5.08. The number of rotatable bonds is 5. The average Bonchev–Trinajstić information content (AvgIpc) is 2.81. The summed E-state index contributed by atoms with van der Waals surface area (Å²) >= 11 is 0. The van der Waals surface area contributed by atoms with Gasteiger partial charge in [0.1, 0.15) is 5.82 Å². The van der Waals surface area contributed by atoms with Crippen LogP contribution in [0.3, 0.4) is 0 Å². The summed E-state index contributed by atoms with van der Waals surface area (Å²) < 4.78 is 0. The predicted octanol–water partition coefficient (Wildman–Crippen LogP) is 3.86. The van der Waals surface area contributed by atoms with Gasteiger partial charge in [-0.3, -0.25) is 9.78 Å². The van der Waals surface area contributed by atoms with Gasteiger partial charge in [-0.25, -0.2) is 9.97 Å². The van der Waals surface area contributed by atoms with Crippen LogP contribution in [0.4, 0.5) is 5.82 Å². The van der Waals surface area contributed by atoms with E-state index in [2.05, 4.69) is 30.1 Å². The highest BCUT2D eigenvalue weighted by molar-refractivity contribution is 5.79. The van der Waals surface area contributed by atoms with Crippen LogP contribution in [0.25, 0.3) is 11.4 Å². The molecule has 0 saturated carbocycles. The molecule has 0 aliphatic carbocycles.